The third-order valence-corrected chi connectivity index (χ3v) is 3.81. The van der Waals surface area contributed by atoms with E-state index in [0.29, 0.717) is 28.2 Å². The van der Waals surface area contributed by atoms with Crippen LogP contribution in [0.15, 0.2) is 52.4 Å². The molecule has 6 nitrogen and oxygen atoms in total. The second-order valence-electron chi connectivity index (χ2n) is 6.08. The zero-order valence-corrected chi connectivity index (χ0v) is 15.3. The molecule has 0 atom stereocenters. The van der Waals surface area contributed by atoms with Crippen LogP contribution in [0.25, 0.3) is 10.9 Å². The number of methoxy groups -OCH3 is 1. The summed E-state index contributed by atoms with van der Waals surface area (Å²) in [6, 6.07) is 12.8. The predicted octanol–water partition coefficient (Wildman–Crippen LogP) is 3.38. The van der Waals surface area contributed by atoms with E-state index in [0.717, 1.165) is 5.56 Å². The summed E-state index contributed by atoms with van der Waals surface area (Å²) in [5.41, 5.74) is 1.17. The summed E-state index contributed by atoms with van der Waals surface area (Å²) in [4.78, 5) is 17.2. The molecule has 0 saturated heterocycles. The number of rotatable bonds is 5. The second-order valence-corrected chi connectivity index (χ2v) is 6.08. The largest absolute Gasteiger partial charge is 0.493 e. The van der Waals surface area contributed by atoms with E-state index in [4.69, 9.17) is 9.47 Å². The second kappa shape index (κ2) is 7.39. The average molecular weight is 351 g/mol. The van der Waals surface area contributed by atoms with Crippen molar-refractivity contribution in [2.75, 3.05) is 7.11 Å². The van der Waals surface area contributed by atoms with E-state index in [1.54, 1.807) is 26.3 Å². The number of hydrogen-bond acceptors (Lipinski definition) is 5. The minimum atomic E-state index is -0.210. The van der Waals surface area contributed by atoms with Gasteiger partial charge < -0.3 is 9.47 Å². The fourth-order valence-corrected chi connectivity index (χ4v) is 2.65. The normalized spacial score (nSPS) is 11.4. The van der Waals surface area contributed by atoms with Crippen LogP contribution >= 0.6 is 0 Å². The SMILES string of the molecule is COc1cccc(/C=N\n2c(C)nc3ccccc3c2=O)c1OC(C)C. The molecule has 0 aliphatic heterocycles. The van der Waals surface area contributed by atoms with Crippen LogP contribution < -0.4 is 15.0 Å². The fourth-order valence-electron chi connectivity index (χ4n) is 2.65. The highest BCUT2D eigenvalue weighted by Crippen LogP contribution is 2.31. The van der Waals surface area contributed by atoms with Gasteiger partial charge in [0.05, 0.1) is 30.3 Å². The van der Waals surface area contributed by atoms with Gasteiger partial charge in [0.1, 0.15) is 5.82 Å². The van der Waals surface area contributed by atoms with Gasteiger partial charge in [0.25, 0.3) is 5.56 Å². The predicted molar refractivity (Wildman–Crippen MR) is 102 cm³/mol. The Kier molecular flexibility index (Phi) is 5.02. The average Bonchev–Trinajstić information content (AvgIpc) is 2.62. The number of aryl methyl sites for hydroxylation is 1. The first-order chi connectivity index (χ1) is 12.5. The zero-order valence-electron chi connectivity index (χ0n) is 15.3. The summed E-state index contributed by atoms with van der Waals surface area (Å²) in [6.45, 7) is 5.63. The van der Waals surface area contributed by atoms with Crippen LogP contribution in [-0.4, -0.2) is 29.1 Å². The Hall–Kier alpha value is -3.15. The van der Waals surface area contributed by atoms with E-state index in [9.17, 15) is 4.79 Å². The van der Waals surface area contributed by atoms with Crippen molar-refractivity contribution in [2.45, 2.75) is 26.9 Å². The fraction of sp³-hybridized carbons (Fsp3) is 0.250. The van der Waals surface area contributed by atoms with Gasteiger partial charge in [-0.3, -0.25) is 4.79 Å². The quantitative estimate of drug-likeness (QED) is 0.661. The van der Waals surface area contributed by atoms with E-state index in [1.807, 2.05) is 50.2 Å². The van der Waals surface area contributed by atoms with Crippen LogP contribution in [0.3, 0.4) is 0 Å². The molecule has 0 fully saturated rings. The molecule has 3 aromatic rings. The Morgan fingerprint density at radius 2 is 1.92 bits per heavy atom. The first-order valence-electron chi connectivity index (χ1n) is 8.37. The zero-order chi connectivity index (χ0) is 18.7. The van der Waals surface area contributed by atoms with Crippen molar-refractivity contribution in [3.8, 4) is 11.5 Å². The van der Waals surface area contributed by atoms with Crippen molar-refractivity contribution in [1.82, 2.24) is 9.66 Å². The van der Waals surface area contributed by atoms with Crippen molar-refractivity contribution in [3.63, 3.8) is 0 Å². The van der Waals surface area contributed by atoms with E-state index in [2.05, 4.69) is 10.1 Å². The molecule has 0 unspecified atom stereocenters. The smallest absolute Gasteiger partial charge is 0.282 e. The molecule has 0 spiro atoms. The molecule has 0 aliphatic rings. The summed E-state index contributed by atoms with van der Waals surface area (Å²) >= 11 is 0. The Morgan fingerprint density at radius 1 is 1.15 bits per heavy atom. The molecule has 134 valence electrons. The lowest BCUT2D eigenvalue weighted by Crippen LogP contribution is -2.20. The molecule has 1 heterocycles. The molecule has 0 amide bonds. The molecule has 0 N–H and O–H groups in total. The van der Waals surface area contributed by atoms with Gasteiger partial charge in [-0.15, -0.1) is 0 Å². The monoisotopic (exact) mass is 351 g/mol. The molecule has 0 bridgehead atoms. The van der Waals surface area contributed by atoms with Crippen molar-refractivity contribution in [1.29, 1.82) is 0 Å². The number of hydrogen-bond donors (Lipinski definition) is 0. The van der Waals surface area contributed by atoms with E-state index in [-0.39, 0.29) is 11.7 Å². The van der Waals surface area contributed by atoms with Crippen LogP contribution in [0, 0.1) is 6.92 Å². The van der Waals surface area contributed by atoms with Crippen molar-refractivity contribution >= 4 is 17.1 Å². The number of para-hydroxylation sites is 2. The minimum Gasteiger partial charge on any atom is -0.493 e. The van der Waals surface area contributed by atoms with Gasteiger partial charge in [0.15, 0.2) is 11.5 Å². The summed E-state index contributed by atoms with van der Waals surface area (Å²) < 4.78 is 12.5. The molecule has 0 aliphatic carbocycles. The van der Waals surface area contributed by atoms with Crippen molar-refractivity contribution in [2.24, 2.45) is 5.10 Å². The Balaban J connectivity index is 2.09. The third kappa shape index (κ3) is 3.44. The highest BCUT2D eigenvalue weighted by Gasteiger charge is 2.12. The van der Waals surface area contributed by atoms with Gasteiger partial charge in [-0.05, 0) is 45.0 Å². The van der Waals surface area contributed by atoms with Crippen molar-refractivity contribution < 1.29 is 9.47 Å². The van der Waals surface area contributed by atoms with Crippen LogP contribution in [-0.2, 0) is 0 Å². The van der Waals surface area contributed by atoms with Gasteiger partial charge in [0.2, 0.25) is 0 Å². The number of ether oxygens (including phenoxy) is 2. The van der Waals surface area contributed by atoms with Crippen LogP contribution in [0.5, 0.6) is 11.5 Å². The van der Waals surface area contributed by atoms with Gasteiger partial charge >= 0.3 is 0 Å². The summed E-state index contributed by atoms with van der Waals surface area (Å²) in [7, 11) is 1.59. The van der Waals surface area contributed by atoms with Crippen molar-refractivity contribution in [3.05, 3.63) is 64.2 Å². The molecule has 6 heteroatoms. The van der Waals surface area contributed by atoms with E-state index in [1.165, 1.54) is 4.68 Å². The topological polar surface area (TPSA) is 65.7 Å². The lowest BCUT2D eigenvalue weighted by atomic mass is 10.2. The van der Waals surface area contributed by atoms with Gasteiger partial charge in [-0.1, -0.05) is 18.2 Å². The number of fused-ring (bicyclic) bond motifs is 1. The molecular formula is C20H21N3O3. The molecule has 2 aromatic carbocycles. The maximum Gasteiger partial charge on any atom is 0.282 e. The lowest BCUT2D eigenvalue weighted by Gasteiger charge is -2.15. The highest BCUT2D eigenvalue weighted by atomic mass is 16.5. The molecule has 3 rings (SSSR count). The molecule has 0 saturated carbocycles. The minimum absolute atomic E-state index is 0.0229. The van der Waals surface area contributed by atoms with Crippen LogP contribution in [0.2, 0.25) is 0 Å². The first kappa shape index (κ1) is 17.7. The number of aromatic nitrogens is 2. The van der Waals surface area contributed by atoms with Gasteiger partial charge in [0, 0.05) is 5.56 Å². The summed E-state index contributed by atoms with van der Waals surface area (Å²) in [5, 5.41) is 4.88. The Bertz CT molecular complexity index is 1020. The number of benzene rings is 2. The van der Waals surface area contributed by atoms with Gasteiger partial charge in [-0.25, -0.2) is 4.98 Å². The molecule has 0 radical (unpaired) electrons. The van der Waals surface area contributed by atoms with E-state index >= 15 is 0 Å². The third-order valence-electron chi connectivity index (χ3n) is 3.81. The Labute approximate surface area is 151 Å². The standard InChI is InChI=1S/C20H21N3O3/c1-13(2)26-19-15(8-7-11-18(19)25-4)12-21-23-14(3)22-17-10-6-5-9-16(17)20(23)24/h5-13H,1-4H3/b21-12-. The summed E-state index contributed by atoms with van der Waals surface area (Å²) in [5.74, 6) is 1.72. The molecule has 1 aromatic heterocycles. The lowest BCUT2D eigenvalue weighted by molar-refractivity contribution is 0.230. The highest BCUT2D eigenvalue weighted by molar-refractivity contribution is 5.85. The first-order valence-corrected chi connectivity index (χ1v) is 8.37. The summed E-state index contributed by atoms with van der Waals surface area (Å²) in [6.07, 6.45) is 1.57. The number of nitrogens with zero attached hydrogens (tertiary/aromatic N) is 3. The maximum absolute atomic E-state index is 12.7. The van der Waals surface area contributed by atoms with Crippen LogP contribution in [0.4, 0.5) is 0 Å². The molecular weight excluding hydrogens is 330 g/mol. The Morgan fingerprint density at radius 3 is 2.65 bits per heavy atom. The molecule has 26 heavy (non-hydrogen) atoms. The van der Waals surface area contributed by atoms with Crippen LogP contribution in [0.1, 0.15) is 25.2 Å². The maximum atomic E-state index is 12.7. The van der Waals surface area contributed by atoms with E-state index < -0.39 is 0 Å². The van der Waals surface area contributed by atoms with Gasteiger partial charge in [-0.2, -0.15) is 9.78 Å².